The van der Waals surface area contributed by atoms with Gasteiger partial charge in [0.2, 0.25) is 17.7 Å². The van der Waals surface area contributed by atoms with E-state index in [0.717, 1.165) is 29.9 Å². The van der Waals surface area contributed by atoms with Crippen LogP contribution in [-0.4, -0.2) is 218 Å². The zero-order valence-electron chi connectivity index (χ0n) is 42.9. The Labute approximate surface area is 433 Å². The molecule has 24 nitrogen and oxygen atoms in total. The summed E-state index contributed by atoms with van der Waals surface area (Å²) >= 11 is 0. The van der Waals surface area contributed by atoms with Gasteiger partial charge in [0.25, 0.3) is 11.8 Å². The van der Waals surface area contributed by atoms with Crippen molar-refractivity contribution in [3.05, 3.63) is 53.8 Å². The molecule has 0 saturated carbocycles. The van der Waals surface area contributed by atoms with Gasteiger partial charge in [-0.3, -0.25) is 43.8 Å². The van der Waals surface area contributed by atoms with Gasteiger partial charge in [-0.15, -0.1) is 0 Å². The van der Waals surface area contributed by atoms with E-state index in [1.54, 1.807) is 24.7 Å². The molecule has 24 heteroatoms. The van der Waals surface area contributed by atoms with Crippen molar-refractivity contribution >= 4 is 47.1 Å². The van der Waals surface area contributed by atoms with Gasteiger partial charge in [0.15, 0.2) is 0 Å². The van der Waals surface area contributed by atoms with E-state index in [-0.39, 0.29) is 57.5 Å². The summed E-state index contributed by atoms with van der Waals surface area (Å²) in [7, 11) is 0. The monoisotopic (exact) mass is 1040 g/mol. The molecule has 4 N–H and O–H groups in total. The lowest BCUT2D eigenvalue weighted by Gasteiger charge is -2.22. The Morgan fingerprint density at radius 2 is 1.09 bits per heavy atom. The average molecular weight is 1040 g/mol. The van der Waals surface area contributed by atoms with Crippen LogP contribution in [0.2, 0.25) is 0 Å². The number of aromatic nitrogens is 3. The second-order valence-electron chi connectivity index (χ2n) is 16.4. The molecule has 4 heterocycles. The lowest BCUT2D eigenvalue weighted by atomic mass is 10.1. The van der Waals surface area contributed by atoms with Crippen molar-refractivity contribution < 1.29 is 71.3 Å². The minimum absolute atomic E-state index is 0.0477. The van der Waals surface area contributed by atoms with E-state index in [4.69, 9.17) is 53.1 Å². The van der Waals surface area contributed by atoms with Crippen LogP contribution in [0.25, 0.3) is 17.3 Å². The molecule has 0 aliphatic carbocycles. The summed E-state index contributed by atoms with van der Waals surface area (Å²) in [6.45, 7) is 13.7. The number of rotatable bonds is 43. The topological polar surface area (TPSA) is 285 Å². The third-order valence-corrected chi connectivity index (χ3v) is 10.5. The molecule has 74 heavy (non-hydrogen) atoms. The molecule has 0 aromatic carbocycles. The number of aliphatic imine (C=N–C) groups is 1. The number of hydrogen-bond donors (Lipinski definition) is 3. The van der Waals surface area contributed by atoms with Crippen LogP contribution in [0.4, 0.5) is 5.69 Å². The molecule has 5 amide bonds. The van der Waals surface area contributed by atoms with Crippen molar-refractivity contribution in [2.24, 2.45) is 10.7 Å². The highest BCUT2D eigenvalue weighted by molar-refractivity contribution is 6.14. The number of imide groups is 1. The van der Waals surface area contributed by atoms with Gasteiger partial charge in [-0.2, -0.15) is 0 Å². The minimum atomic E-state index is -0.499. The van der Waals surface area contributed by atoms with Crippen molar-refractivity contribution in [2.45, 2.75) is 46.1 Å². The van der Waals surface area contributed by atoms with E-state index in [1.165, 1.54) is 0 Å². The van der Waals surface area contributed by atoms with E-state index < -0.39 is 17.7 Å². The van der Waals surface area contributed by atoms with E-state index in [2.05, 4.69) is 30.6 Å². The molecule has 2 aromatic heterocycles. The largest absolute Gasteiger partial charge is 0.387 e. The van der Waals surface area contributed by atoms with Crippen LogP contribution in [-0.2, 0) is 77.9 Å². The van der Waals surface area contributed by atoms with Crippen molar-refractivity contribution in [3.63, 3.8) is 0 Å². The average Bonchev–Trinajstić information content (AvgIpc) is 3.60. The number of pyridine rings is 1. The number of carbonyl (C=O) groups excluding carboxylic acids is 5. The number of nitrogens with two attached hydrogens (primary N) is 1. The summed E-state index contributed by atoms with van der Waals surface area (Å²) in [4.78, 5) is 81.2. The first kappa shape index (κ1) is 60.9. The fraction of sp³-hybridized carbons (Fsp3) is 0.620. The SMILES string of the molecule is CCCN(CCC)C(=O)C1=Cc2ncc(-c3cnc(CNC(=O)CCOCCOCCOCCOCCOCCOCCOCCOCCOCCOCCNC(=O)CN4C(=O)C=CC4=O)cn3)cc2N=C(N)C1. The molecule has 2 aromatic rings. The maximum Gasteiger partial charge on any atom is 0.254 e. The Balaban J connectivity index is 0.848. The van der Waals surface area contributed by atoms with E-state index in [0.29, 0.717) is 172 Å². The van der Waals surface area contributed by atoms with Gasteiger partial charge in [0.1, 0.15) is 12.4 Å². The van der Waals surface area contributed by atoms with Crippen LogP contribution in [0.5, 0.6) is 0 Å². The molecule has 0 atom stereocenters. The van der Waals surface area contributed by atoms with E-state index in [9.17, 15) is 24.0 Å². The number of amides is 5. The molecular formula is C50H75N9O15. The van der Waals surface area contributed by atoms with Crippen LogP contribution in [0.15, 0.2) is 47.4 Å². The van der Waals surface area contributed by atoms with Gasteiger partial charge in [0.05, 0.1) is 174 Å². The molecule has 2 aliphatic heterocycles. The molecule has 0 saturated heterocycles. The van der Waals surface area contributed by atoms with Crippen LogP contribution in [0.1, 0.15) is 50.9 Å². The molecule has 410 valence electrons. The number of carbonyl (C=O) groups is 5. The predicted molar refractivity (Wildman–Crippen MR) is 270 cm³/mol. The molecule has 2 aliphatic rings. The minimum Gasteiger partial charge on any atom is -0.387 e. The molecule has 0 spiro atoms. The summed E-state index contributed by atoms with van der Waals surface area (Å²) < 4.78 is 54.8. The van der Waals surface area contributed by atoms with Crippen molar-refractivity contribution in [1.29, 1.82) is 0 Å². The molecule has 0 fully saturated rings. The number of amidine groups is 1. The standard InChI is InChI=1S/C50H75N9O15/c1-3-9-58(10-4-2)50(64)39-31-42-43(57-45(51)33-39)32-40(34-54-42)44-37-53-41(35-55-44)36-56-46(60)7-11-65-13-15-67-17-19-69-21-23-71-25-27-73-29-30-74-28-26-72-24-22-70-20-18-68-16-14-66-12-8-52-47(61)38-59-48(62)5-6-49(59)63/h5-6,31-32,34-35,37H,3-4,7-30,33,36,38H2,1-2H3,(H2,51,57)(H,52,61)(H,56,60). The Morgan fingerprint density at radius 3 is 1.57 bits per heavy atom. The van der Waals surface area contributed by atoms with Gasteiger partial charge in [-0.05, 0) is 25.0 Å². The normalized spacial score (nSPS) is 13.2. The number of hydrogen-bond acceptors (Lipinski definition) is 20. The van der Waals surface area contributed by atoms with Crippen LogP contribution in [0, 0.1) is 0 Å². The first-order chi connectivity index (χ1) is 36.2. The van der Waals surface area contributed by atoms with Crippen molar-refractivity contribution in [3.8, 4) is 11.3 Å². The van der Waals surface area contributed by atoms with Gasteiger partial charge < -0.3 is 68.6 Å². The quantitative estimate of drug-likeness (QED) is 0.0621. The second-order valence-corrected chi connectivity index (χ2v) is 16.4. The third-order valence-electron chi connectivity index (χ3n) is 10.5. The van der Waals surface area contributed by atoms with Crippen LogP contribution >= 0.6 is 0 Å². The van der Waals surface area contributed by atoms with Crippen molar-refractivity contribution in [1.82, 2.24) is 35.4 Å². The smallest absolute Gasteiger partial charge is 0.254 e. The van der Waals surface area contributed by atoms with Gasteiger partial charge in [-0.1, -0.05) is 13.8 Å². The lowest BCUT2D eigenvalue weighted by molar-refractivity contribution is -0.141. The lowest BCUT2D eigenvalue weighted by Crippen LogP contribution is -2.41. The molecular weight excluding hydrogens is 967 g/mol. The van der Waals surface area contributed by atoms with Crippen molar-refractivity contribution in [2.75, 3.05) is 158 Å². The highest BCUT2D eigenvalue weighted by Crippen LogP contribution is 2.29. The molecule has 0 radical (unpaired) electrons. The zero-order valence-corrected chi connectivity index (χ0v) is 42.9. The Bertz CT molecular complexity index is 2050. The summed E-state index contributed by atoms with van der Waals surface area (Å²) in [5, 5.41) is 5.42. The maximum atomic E-state index is 13.3. The number of nitrogens with one attached hydrogen (secondary N) is 2. The third kappa shape index (κ3) is 25.5. The highest BCUT2D eigenvalue weighted by Gasteiger charge is 2.25. The fourth-order valence-corrected chi connectivity index (χ4v) is 6.77. The maximum absolute atomic E-state index is 13.3. The Hall–Kier alpha value is -5.67. The summed E-state index contributed by atoms with van der Waals surface area (Å²) in [5.41, 5.74) is 9.78. The summed E-state index contributed by atoms with van der Waals surface area (Å²) in [6, 6.07) is 1.83. The van der Waals surface area contributed by atoms with Gasteiger partial charge >= 0.3 is 0 Å². The van der Waals surface area contributed by atoms with Gasteiger partial charge in [0, 0.05) is 62.0 Å². The van der Waals surface area contributed by atoms with Crippen LogP contribution < -0.4 is 16.4 Å². The number of ether oxygens (including phenoxy) is 10. The Morgan fingerprint density at radius 1 is 0.608 bits per heavy atom. The van der Waals surface area contributed by atoms with Gasteiger partial charge in [-0.25, -0.2) is 4.99 Å². The first-order valence-corrected chi connectivity index (χ1v) is 25.2. The molecule has 4 rings (SSSR count). The summed E-state index contributed by atoms with van der Waals surface area (Å²) in [5.74, 6) is -1.32. The van der Waals surface area contributed by atoms with Crippen LogP contribution in [0.3, 0.4) is 0 Å². The van der Waals surface area contributed by atoms with E-state index in [1.807, 2.05) is 24.8 Å². The second kappa shape index (κ2) is 38.0. The number of nitrogens with zero attached hydrogens (tertiary/aromatic N) is 6. The molecule has 0 unspecified atom stereocenters. The van der Waals surface area contributed by atoms with E-state index >= 15 is 0 Å². The molecule has 0 bridgehead atoms. The first-order valence-electron chi connectivity index (χ1n) is 25.2. The number of fused-ring (bicyclic) bond motifs is 1. The highest BCUT2D eigenvalue weighted by atomic mass is 16.6. The Kier molecular flexibility index (Phi) is 31.2. The predicted octanol–water partition coefficient (Wildman–Crippen LogP) is 1.18. The summed E-state index contributed by atoms with van der Waals surface area (Å²) in [6.07, 6.45) is 11.1. The fourth-order valence-electron chi connectivity index (χ4n) is 6.77. The zero-order chi connectivity index (χ0) is 52.9.